The summed E-state index contributed by atoms with van der Waals surface area (Å²) in [6.07, 6.45) is 1.97. The lowest BCUT2D eigenvalue weighted by Crippen LogP contribution is -2.39. The summed E-state index contributed by atoms with van der Waals surface area (Å²) < 4.78 is 28.5. The van der Waals surface area contributed by atoms with E-state index in [1.54, 1.807) is 4.31 Å². The van der Waals surface area contributed by atoms with Gasteiger partial charge in [-0.15, -0.1) is 11.3 Å². The first kappa shape index (κ1) is 15.0. The van der Waals surface area contributed by atoms with Gasteiger partial charge in [0.2, 0.25) is 10.0 Å². The van der Waals surface area contributed by atoms with E-state index in [0.29, 0.717) is 28.8 Å². The molecule has 0 bridgehead atoms. The first-order chi connectivity index (χ1) is 10.0. The third-order valence-electron chi connectivity index (χ3n) is 3.98. The molecular weight excluding hydrogens is 306 g/mol. The fourth-order valence-electron chi connectivity index (χ4n) is 2.95. The Bertz CT molecular complexity index is 751. The van der Waals surface area contributed by atoms with Gasteiger partial charge in [0.15, 0.2) is 0 Å². The Morgan fingerprint density at radius 2 is 2.14 bits per heavy atom. The number of hydrogen-bond acceptors (Lipinski definition) is 4. The van der Waals surface area contributed by atoms with Crippen LogP contribution in [-0.4, -0.2) is 30.9 Å². The molecule has 0 spiro atoms. The van der Waals surface area contributed by atoms with Gasteiger partial charge >= 0.3 is 0 Å². The van der Waals surface area contributed by atoms with Crippen molar-refractivity contribution in [3.63, 3.8) is 0 Å². The van der Waals surface area contributed by atoms with Crippen molar-refractivity contribution in [3.8, 4) is 0 Å². The van der Waals surface area contributed by atoms with Crippen molar-refractivity contribution >= 4 is 31.4 Å². The third-order valence-corrected chi connectivity index (χ3v) is 7.26. The molecule has 2 heterocycles. The van der Waals surface area contributed by atoms with Crippen molar-refractivity contribution in [1.82, 2.24) is 4.31 Å². The van der Waals surface area contributed by atoms with Crippen molar-refractivity contribution in [3.05, 3.63) is 29.1 Å². The summed E-state index contributed by atoms with van der Waals surface area (Å²) in [6.45, 7) is 2.98. The molecule has 6 heteroatoms. The molecule has 1 aromatic carbocycles. The summed E-state index contributed by atoms with van der Waals surface area (Å²) in [6, 6.07) is 7.45. The van der Waals surface area contributed by atoms with E-state index in [0.717, 1.165) is 22.9 Å². The molecule has 1 aliphatic rings. The normalized spacial score (nSPS) is 21.0. The average molecular weight is 325 g/mol. The molecule has 1 N–H and O–H groups in total. The second kappa shape index (κ2) is 5.68. The van der Waals surface area contributed by atoms with E-state index >= 15 is 0 Å². The molecule has 3 rings (SSSR count). The molecule has 0 radical (unpaired) electrons. The van der Waals surface area contributed by atoms with Crippen LogP contribution in [0.1, 0.15) is 24.6 Å². The molecule has 2 aromatic rings. The van der Waals surface area contributed by atoms with E-state index in [1.165, 1.54) is 11.3 Å². The predicted octanol–water partition coefficient (Wildman–Crippen LogP) is 2.81. The van der Waals surface area contributed by atoms with E-state index < -0.39 is 10.0 Å². The Morgan fingerprint density at radius 3 is 2.86 bits per heavy atom. The average Bonchev–Trinajstić information content (AvgIpc) is 2.86. The van der Waals surface area contributed by atoms with E-state index in [4.69, 9.17) is 0 Å². The molecule has 1 saturated heterocycles. The number of sulfonamides is 1. The highest BCUT2D eigenvalue weighted by Gasteiger charge is 2.32. The monoisotopic (exact) mass is 325 g/mol. The SMILES string of the molecule is CC1CCCN(S(=O)(=O)c2c(CO)sc3ccccc23)C1. The molecule has 1 aromatic heterocycles. The molecule has 4 nitrogen and oxygen atoms in total. The number of rotatable bonds is 3. The van der Waals surface area contributed by atoms with Gasteiger partial charge < -0.3 is 5.11 Å². The lowest BCUT2D eigenvalue weighted by Gasteiger charge is -2.30. The highest BCUT2D eigenvalue weighted by Crippen LogP contribution is 2.37. The minimum absolute atomic E-state index is 0.239. The predicted molar refractivity (Wildman–Crippen MR) is 84.9 cm³/mol. The van der Waals surface area contributed by atoms with Gasteiger partial charge in [-0.1, -0.05) is 25.1 Å². The van der Waals surface area contributed by atoms with Gasteiger partial charge in [-0.3, -0.25) is 0 Å². The van der Waals surface area contributed by atoms with Crippen molar-refractivity contribution in [2.24, 2.45) is 5.92 Å². The summed E-state index contributed by atoms with van der Waals surface area (Å²) in [5, 5.41) is 10.3. The van der Waals surface area contributed by atoms with Gasteiger partial charge in [0.05, 0.1) is 11.5 Å². The Morgan fingerprint density at radius 1 is 1.38 bits per heavy atom. The Kier molecular flexibility index (Phi) is 4.05. The number of nitrogens with zero attached hydrogens (tertiary/aromatic N) is 1. The van der Waals surface area contributed by atoms with Gasteiger partial charge in [0.1, 0.15) is 4.90 Å². The zero-order valence-electron chi connectivity index (χ0n) is 11.9. The molecule has 1 atom stereocenters. The largest absolute Gasteiger partial charge is 0.391 e. The number of fused-ring (bicyclic) bond motifs is 1. The van der Waals surface area contributed by atoms with Gasteiger partial charge in [0.25, 0.3) is 0 Å². The molecule has 114 valence electrons. The van der Waals surface area contributed by atoms with Gasteiger partial charge in [-0.05, 0) is 24.8 Å². The fraction of sp³-hybridized carbons (Fsp3) is 0.467. The van der Waals surface area contributed by atoms with E-state index in [1.807, 2.05) is 24.3 Å². The molecule has 1 aliphatic heterocycles. The van der Waals surface area contributed by atoms with Crippen molar-refractivity contribution in [2.45, 2.75) is 31.3 Å². The van der Waals surface area contributed by atoms with E-state index in [9.17, 15) is 13.5 Å². The maximum absolute atomic E-state index is 13.0. The zero-order valence-corrected chi connectivity index (χ0v) is 13.6. The minimum Gasteiger partial charge on any atom is -0.391 e. The molecular formula is C15H19NO3S2. The third kappa shape index (κ3) is 2.61. The molecule has 1 unspecified atom stereocenters. The van der Waals surface area contributed by atoms with Crippen LogP contribution in [0.2, 0.25) is 0 Å². The Balaban J connectivity index is 2.14. The standard InChI is InChI=1S/C15H19NO3S2/c1-11-5-4-8-16(9-11)21(18,19)15-12-6-2-3-7-13(12)20-14(15)10-17/h2-3,6-7,11,17H,4-5,8-10H2,1H3. The van der Waals surface area contributed by atoms with Crippen LogP contribution in [0.5, 0.6) is 0 Å². The highest BCUT2D eigenvalue weighted by atomic mass is 32.2. The summed E-state index contributed by atoms with van der Waals surface area (Å²) >= 11 is 1.36. The van der Waals surface area contributed by atoms with Crippen molar-refractivity contribution < 1.29 is 13.5 Å². The van der Waals surface area contributed by atoms with Crippen LogP contribution in [0.4, 0.5) is 0 Å². The lowest BCUT2D eigenvalue weighted by molar-refractivity contribution is 0.275. The summed E-state index contributed by atoms with van der Waals surface area (Å²) in [5.41, 5.74) is 0. The van der Waals surface area contributed by atoms with Crippen LogP contribution in [-0.2, 0) is 16.6 Å². The van der Waals surface area contributed by atoms with Crippen molar-refractivity contribution in [2.75, 3.05) is 13.1 Å². The Hall–Kier alpha value is -0.950. The van der Waals surface area contributed by atoms with Crippen LogP contribution in [0.3, 0.4) is 0 Å². The first-order valence-corrected chi connectivity index (χ1v) is 9.41. The molecule has 1 fully saturated rings. The van der Waals surface area contributed by atoms with Crippen molar-refractivity contribution in [1.29, 1.82) is 0 Å². The molecule has 0 aliphatic carbocycles. The van der Waals surface area contributed by atoms with Gasteiger partial charge in [-0.2, -0.15) is 4.31 Å². The Labute approximate surface area is 129 Å². The van der Waals surface area contributed by atoms with Crippen LogP contribution >= 0.6 is 11.3 Å². The number of benzene rings is 1. The first-order valence-electron chi connectivity index (χ1n) is 7.15. The number of thiophene rings is 1. The number of aliphatic hydroxyl groups excluding tert-OH is 1. The summed E-state index contributed by atoms with van der Waals surface area (Å²) in [7, 11) is -3.54. The summed E-state index contributed by atoms with van der Waals surface area (Å²) in [5.74, 6) is 0.385. The van der Waals surface area contributed by atoms with Gasteiger partial charge in [-0.25, -0.2) is 8.42 Å². The number of hydrogen-bond donors (Lipinski definition) is 1. The van der Waals surface area contributed by atoms with Crippen LogP contribution in [0.25, 0.3) is 10.1 Å². The second-order valence-electron chi connectivity index (χ2n) is 5.62. The quantitative estimate of drug-likeness (QED) is 0.944. The van der Waals surface area contributed by atoms with Crippen LogP contribution < -0.4 is 0 Å². The van der Waals surface area contributed by atoms with E-state index in [-0.39, 0.29) is 6.61 Å². The lowest BCUT2D eigenvalue weighted by atomic mass is 10.0. The smallest absolute Gasteiger partial charge is 0.244 e. The van der Waals surface area contributed by atoms with Gasteiger partial charge in [0, 0.05) is 23.2 Å². The minimum atomic E-state index is -3.54. The number of piperidine rings is 1. The summed E-state index contributed by atoms with van der Waals surface area (Å²) in [4.78, 5) is 0.842. The molecule has 0 saturated carbocycles. The van der Waals surface area contributed by atoms with E-state index in [2.05, 4.69) is 6.92 Å². The second-order valence-corrected chi connectivity index (χ2v) is 8.63. The fourth-order valence-corrected chi connectivity index (χ4v) is 6.30. The topological polar surface area (TPSA) is 57.6 Å². The maximum Gasteiger partial charge on any atom is 0.244 e. The van der Waals surface area contributed by atoms with Crippen LogP contribution in [0.15, 0.2) is 29.2 Å². The zero-order chi connectivity index (χ0) is 15.0. The maximum atomic E-state index is 13.0. The molecule has 0 amide bonds. The molecule has 21 heavy (non-hydrogen) atoms. The van der Waals surface area contributed by atoms with Crippen LogP contribution in [0, 0.1) is 5.92 Å². The number of aliphatic hydroxyl groups is 1. The highest BCUT2D eigenvalue weighted by molar-refractivity contribution is 7.89.